The predicted molar refractivity (Wildman–Crippen MR) is 70.2 cm³/mol. The van der Waals surface area contributed by atoms with Gasteiger partial charge in [-0.15, -0.1) is 0 Å². The van der Waals surface area contributed by atoms with E-state index in [0.717, 1.165) is 27.9 Å². The molecule has 1 aliphatic carbocycles. The monoisotopic (exact) mass is 225 g/mol. The molecule has 0 heterocycles. The molecule has 0 fully saturated rings. The second kappa shape index (κ2) is 3.60. The highest BCUT2D eigenvalue weighted by Crippen LogP contribution is 2.44. The normalized spacial score (nSPS) is 16.5. The maximum atomic E-state index is 10.4. The van der Waals surface area contributed by atoms with Crippen molar-refractivity contribution in [2.75, 3.05) is 12.4 Å². The van der Waals surface area contributed by atoms with Gasteiger partial charge in [-0.1, -0.05) is 29.8 Å². The lowest BCUT2D eigenvalue weighted by Crippen LogP contribution is -1.95. The molecule has 86 valence electrons. The SMILES string of the molecule is CNc1ccc2c(c1)C(O)c1cc(C)ccc1-2. The van der Waals surface area contributed by atoms with Crippen LogP contribution in [0.3, 0.4) is 0 Å². The number of hydrogen-bond donors (Lipinski definition) is 2. The third-order valence-electron chi connectivity index (χ3n) is 3.43. The van der Waals surface area contributed by atoms with Gasteiger partial charge in [0.05, 0.1) is 0 Å². The minimum absolute atomic E-state index is 0.492. The molecule has 0 aromatic heterocycles. The summed E-state index contributed by atoms with van der Waals surface area (Å²) >= 11 is 0. The molecule has 0 spiro atoms. The van der Waals surface area contributed by atoms with Crippen LogP contribution >= 0.6 is 0 Å². The Morgan fingerprint density at radius 2 is 1.65 bits per heavy atom. The van der Waals surface area contributed by atoms with Crippen molar-refractivity contribution in [3.63, 3.8) is 0 Å². The molecule has 0 aliphatic heterocycles. The van der Waals surface area contributed by atoms with E-state index < -0.39 is 6.10 Å². The van der Waals surface area contributed by atoms with Crippen molar-refractivity contribution in [3.05, 3.63) is 53.1 Å². The van der Waals surface area contributed by atoms with E-state index in [1.54, 1.807) is 0 Å². The van der Waals surface area contributed by atoms with Gasteiger partial charge in [0.1, 0.15) is 6.10 Å². The van der Waals surface area contributed by atoms with E-state index >= 15 is 0 Å². The Hall–Kier alpha value is -1.80. The van der Waals surface area contributed by atoms with Crippen LogP contribution in [0.15, 0.2) is 36.4 Å². The van der Waals surface area contributed by atoms with Crippen LogP contribution in [-0.4, -0.2) is 12.2 Å². The molecule has 0 amide bonds. The molecular weight excluding hydrogens is 210 g/mol. The summed E-state index contributed by atoms with van der Waals surface area (Å²) in [6.45, 7) is 2.05. The maximum absolute atomic E-state index is 10.4. The third kappa shape index (κ3) is 1.45. The number of aliphatic hydroxyl groups excluding tert-OH is 1. The molecule has 2 nitrogen and oxygen atoms in total. The first kappa shape index (κ1) is 10.4. The van der Waals surface area contributed by atoms with Crippen molar-refractivity contribution in [1.29, 1.82) is 0 Å². The van der Waals surface area contributed by atoms with E-state index in [2.05, 4.69) is 36.5 Å². The molecule has 0 saturated heterocycles. The number of anilines is 1. The summed E-state index contributed by atoms with van der Waals surface area (Å²) in [5, 5.41) is 13.5. The average Bonchev–Trinajstić information content (AvgIpc) is 2.62. The van der Waals surface area contributed by atoms with Crippen molar-refractivity contribution >= 4 is 5.69 Å². The molecule has 1 unspecified atom stereocenters. The van der Waals surface area contributed by atoms with E-state index in [-0.39, 0.29) is 0 Å². The summed E-state index contributed by atoms with van der Waals surface area (Å²) in [5.74, 6) is 0. The summed E-state index contributed by atoms with van der Waals surface area (Å²) in [4.78, 5) is 0. The lowest BCUT2D eigenvalue weighted by Gasteiger charge is -2.07. The number of fused-ring (bicyclic) bond motifs is 3. The van der Waals surface area contributed by atoms with Crippen LogP contribution in [0.5, 0.6) is 0 Å². The second-order valence-corrected chi connectivity index (χ2v) is 4.55. The van der Waals surface area contributed by atoms with Gasteiger partial charge in [0, 0.05) is 12.7 Å². The average molecular weight is 225 g/mol. The van der Waals surface area contributed by atoms with Crippen LogP contribution < -0.4 is 5.32 Å². The number of rotatable bonds is 1. The molecule has 0 radical (unpaired) electrons. The molecule has 2 aromatic rings. The Labute approximate surface area is 101 Å². The number of benzene rings is 2. The Balaban J connectivity index is 2.23. The Bertz CT molecular complexity index is 589. The lowest BCUT2D eigenvalue weighted by atomic mass is 10.0. The summed E-state index contributed by atoms with van der Waals surface area (Å²) in [6, 6.07) is 12.4. The fourth-order valence-corrected chi connectivity index (χ4v) is 2.51. The lowest BCUT2D eigenvalue weighted by molar-refractivity contribution is 0.225. The van der Waals surface area contributed by atoms with Gasteiger partial charge in [-0.2, -0.15) is 0 Å². The van der Waals surface area contributed by atoms with Crippen molar-refractivity contribution in [2.45, 2.75) is 13.0 Å². The molecule has 1 atom stereocenters. The van der Waals surface area contributed by atoms with E-state index in [9.17, 15) is 5.11 Å². The Morgan fingerprint density at radius 3 is 2.35 bits per heavy atom. The zero-order chi connectivity index (χ0) is 12.0. The third-order valence-corrected chi connectivity index (χ3v) is 3.43. The number of aliphatic hydroxyl groups is 1. The Morgan fingerprint density at radius 1 is 1.00 bits per heavy atom. The molecular formula is C15H15NO. The zero-order valence-electron chi connectivity index (χ0n) is 9.99. The highest BCUT2D eigenvalue weighted by Gasteiger charge is 2.26. The fourth-order valence-electron chi connectivity index (χ4n) is 2.51. The van der Waals surface area contributed by atoms with Crippen LogP contribution in [0.4, 0.5) is 5.69 Å². The number of aryl methyl sites for hydroxylation is 1. The highest BCUT2D eigenvalue weighted by molar-refractivity contribution is 5.80. The van der Waals surface area contributed by atoms with E-state index in [1.807, 2.05) is 19.2 Å². The van der Waals surface area contributed by atoms with Crippen molar-refractivity contribution in [1.82, 2.24) is 0 Å². The molecule has 2 N–H and O–H groups in total. The van der Waals surface area contributed by atoms with Crippen molar-refractivity contribution in [3.8, 4) is 11.1 Å². The summed E-state index contributed by atoms with van der Waals surface area (Å²) in [5.41, 5.74) is 6.54. The van der Waals surface area contributed by atoms with E-state index in [0.29, 0.717) is 0 Å². The van der Waals surface area contributed by atoms with Crippen LogP contribution in [0, 0.1) is 6.92 Å². The minimum Gasteiger partial charge on any atom is -0.388 e. The van der Waals surface area contributed by atoms with Crippen LogP contribution in [0.1, 0.15) is 22.8 Å². The van der Waals surface area contributed by atoms with Crippen molar-refractivity contribution in [2.24, 2.45) is 0 Å². The maximum Gasteiger partial charge on any atom is 0.105 e. The Kier molecular flexibility index (Phi) is 2.20. The molecule has 3 rings (SSSR count). The topological polar surface area (TPSA) is 32.3 Å². The largest absolute Gasteiger partial charge is 0.388 e. The number of nitrogens with one attached hydrogen (secondary N) is 1. The smallest absolute Gasteiger partial charge is 0.105 e. The molecule has 1 aliphatic rings. The molecule has 17 heavy (non-hydrogen) atoms. The van der Waals surface area contributed by atoms with E-state index in [4.69, 9.17) is 0 Å². The zero-order valence-corrected chi connectivity index (χ0v) is 9.99. The highest BCUT2D eigenvalue weighted by atomic mass is 16.3. The molecule has 2 heteroatoms. The summed E-state index contributed by atoms with van der Waals surface area (Å²) in [6.07, 6.45) is -0.492. The quantitative estimate of drug-likeness (QED) is 0.781. The van der Waals surface area contributed by atoms with Crippen LogP contribution in [0.25, 0.3) is 11.1 Å². The van der Waals surface area contributed by atoms with Gasteiger partial charge in [-0.3, -0.25) is 0 Å². The van der Waals surface area contributed by atoms with Gasteiger partial charge in [-0.05, 0) is 41.3 Å². The standard InChI is InChI=1S/C15H15NO/c1-9-3-5-11-12-6-4-10(16-2)8-14(12)15(17)13(11)7-9/h3-8,15-17H,1-2H3. The summed E-state index contributed by atoms with van der Waals surface area (Å²) in [7, 11) is 1.89. The first-order chi connectivity index (χ1) is 8.20. The predicted octanol–water partition coefficient (Wildman–Crippen LogP) is 3.10. The van der Waals surface area contributed by atoms with Gasteiger partial charge in [-0.25, -0.2) is 0 Å². The van der Waals surface area contributed by atoms with E-state index in [1.165, 1.54) is 5.56 Å². The number of hydrogen-bond acceptors (Lipinski definition) is 2. The molecule has 0 saturated carbocycles. The second-order valence-electron chi connectivity index (χ2n) is 4.55. The first-order valence-corrected chi connectivity index (χ1v) is 5.81. The van der Waals surface area contributed by atoms with Gasteiger partial charge in [0.2, 0.25) is 0 Å². The van der Waals surface area contributed by atoms with Gasteiger partial charge >= 0.3 is 0 Å². The molecule has 2 aromatic carbocycles. The van der Waals surface area contributed by atoms with Crippen LogP contribution in [-0.2, 0) is 0 Å². The molecule has 0 bridgehead atoms. The van der Waals surface area contributed by atoms with Gasteiger partial charge in [0.15, 0.2) is 0 Å². The summed E-state index contributed by atoms with van der Waals surface area (Å²) < 4.78 is 0. The fraction of sp³-hybridized carbons (Fsp3) is 0.200. The van der Waals surface area contributed by atoms with Gasteiger partial charge < -0.3 is 10.4 Å². The van der Waals surface area contributed by atoms with Crippen molar-refractivity contribution < 1.29 is 5.11 Å². The minimum atomic E-state index is -0.492. The first-order valence-electron chi connectivity index (χ1n) is 5.81. The van der Waals surface area contributed by atoms with Gasteiger partial charge in [0.25, 0.3) is 0 Å². The van der Waals surface area contributed by atoms with Crippen LogP contribution in [0.2, 0.25) is 0 Å².